The first-order valence-corrected chi connectivity index (χ1v) is 11.1. The number of carbonyl (C=O) groups excluding carboxylic acids is 2. The molecule has 1 saturated heterocycles. The standard InChI is InChI=1S/C25H24O12/c1-10-21(34-11(2)26)24(35-12(3)27)20(32)25(33-10)37-23-19(31)18-16(30)8-15(29)9-17(18)36-22(23)13-4-6-14(28)7-5-13/h4-10,20-21,24-25,28-30,32H,1-3H3/t10-,20+,21+,24-,25-/m0/s1. The predicted octanol–water partition coefficient (Wildman–Crippen LogP) is 1.92. The highest BCUT2D eigenvalue weighted by molar-refractivity contribution is 5.88. The summed E-state index contributed by atoms with van der Waals surface area (Å²) >= 11 is 0. The third-order valence-corrected chi connectivity index (χ3v) is 5.64. The molecule has 1 fully saturated rings. The van der Waals surface area contributed by atoms with Crippen molar-refractivity contribution in [3.05, 3.63) is 46.6 Å². The van der Waals surface area contributed by atoms with Crippen LogP contribution in [-0.2, 0) is 23.8 Å². The molecule has 12 nitrogen and oxygen atoms in total. The van der Waals surface area contributed by atoms with E-state index in [9.17, 15) is 34.8 Å². The van der Waals surface area contributed by atoms with E-state index in [0.717, 1.165) is 26.0 Å². The molecular weight excluding hydrogens is 492 g/mol. The van der Waals surface area contributed by atoms with Gasteiger partial charge in [-0.2, -0.15) is 0 Å². The number of aromatic hydroxyl groups is 3. The zero-order valence-electron chi connectivity index (χ0n) is 19.9. The third kappa shape index (κ3) is 5.15. The summed E-state index contributed by atoms with van der Waals surface area (Å²) in [4.78, 5) is 36.8. The Labute approximate surface area is 209 Å². The Kier molecular flexibility index (Phi) is 6.96. The van der Waals surface area contributed by atoms with E-state index in [-0.39, 0.29) is 33.8 Å². The van der Waals surface area contributed by atoms with Crippen LogP contribution in [0.15, 0.2) is 45.6 Å². The average molecular weight is 516 g/mol. The summed E-state index contributed by atoms with van der Waals surface area (Å²) in [6.45, 7) is 3.73. The first-order valence-electron chi connectivity index (χ1n) is 11.1. The van der Waals surface area contributed by atoms with E-state index in [1.165, 1.54) is 31.2 Å². The van der Waals surface area contributed by atoms with E-state index < -0.39 is 59.6 Å². The van der Waals surface area contributed by atoms with Gasteiger partial charge < -0.3 is 43.8 Å². The number of hydrogen-bond donors (Lipinski definition) is 4. The van der Waals surface area contributed by atoms with Gasteiger partial charge in [-0.15, -0.1) is 0 Å². The van der Waals surface area contributed by atoms with Crippen LogP contribution >= 0.6 is 0 Å². The van der Waals surface area contributed by atoms with Crippen LogP contribution in [0.2, 0.25) is 0 Å². The van der Waals surface area contributed by atoms with Gasteiger partial charge in [-0.1, -0.05) is 0 Å². The number of rotatable bonds is 5. The van der Waals surface area contributed by atoms with Gasteiger partial charge in [-0.3, -0.25) is 14.4 Å². The van der Waals surface area contributed by atoms with Crippen molar-refractivity contribution in [1.82, 2.24) is 0 Å². The molecule has 0 saturated carbocycles. The van der Waals surface area contributed by atoms with Crippen molar-refractivity contribution in [1.29, 1.82) is 0 Å². The van der Waals surface area contributed by atoms with Gasteiger partial charge in [0.05, 0.1) is 6.10 Å². The van der Waals surface area contributed by atoms with Crippen LogP contribution in [0.1, 0.15) is 20.8 Å². The van der Waals surface area contributed by atoms with Crippen molar-refractivity contribution >= 4 is 22.9 Å². The quantitative estimate of drug-likeness (QED) is 0.362. The Morgan fingerprint density at radius 3 is 2.16 bits per heavy atom. The van der Waals surface area contributed by atoms with Crippen LogP contribution in [-0.4, -0.2) is 63.1 Å². The number of esters is 2. The maximum absolute atomic E-state index is 13.5. The lowest BCUT2D eigenvalue weighted by atomic mass is 9.99. The molecule has 3 aromatic rings. The molecule has 2 heterocycles. The largest absolute Gasteiger partial charge is 0.508 e. The smallest absolute Gasteiger partial charge is 0.303 e. The van der Waals surface area contributed by atoms with E-state index in [0.29, 0.717) is 0 Å². The van der Waals surface area contributed by atoms with E-state index >= 15 is 0 Å². The second kappa shape index (κ2) is 9.99. The summed E-state index contributed by atoms with van der Waals surface area (Å²) in [5.41, 5.74) is -0.761. The summed E-state index contributed by atoms with van der Waals surface area (Å²) in [7, 11) is 0. The highest BCUT2D eigenvalue weighted by Crippen LogP contribution is 2.37. The Morgan fingerprint density at radius 2 is 1.54 bits per heavy atom. The van der Waals surface area contributed by atoms with E-state index in [4.69, 9.17) is 23.4 Å². The van der Waals surface area contributed by atoms with Crippen LogP contribution in [0.3, 0.4) is 0 Å². The molecule has 5 atom stereocenters. The number of ether oxygens (including phenoxy) is 4. The van der Waals surface area contributed by atoms with Crippen molar-refractivity contribution < 1.29 is 53.4 Å². The molecule has 1 aliphatic heterocycles. The van der Waals surface area contributed by atoms with Crippen LogP contribution in [0.4, 0.5) is 0 Å². The van der Waals surface area contributed by atoms with Gasteiger partial charge in [0.25, 0.3) is 0 Å². The summed E-state index contributed by atoms with van der Waals surface area (Å²) < 4.78 is 27.7. The molecule has 0 unspecified atom stereocenters. The van der Waals surface area contributed by atoms with Crippen molar-refractivity contribution in [2.45, 2.75) is 51.5 Å². The van der Waals surface area contributed by atoms with E-state index in [2.05, 4.69) is 0 Å². The zero-order chi connectivity index (χ0) is 27.0. The normalized spacial score (nSPS) is 23.4. The minimum absolute atomic E-state index is 0.0646. The molecule has 12 heteroatoms. The van der Waals surface area contributed by atoms with Gasteiger partial charge in [-0.25, -0.2) is 0 Å². The summed E-state index contributed by atoms with van der Waals surface area (Å²) in [5.74, 6) is -3.14. The van der Waals surface area contributed by atoms with Gasteiger partial charge in [-0.05, 0) is 31.2 Å². The fourth-order valence-electron chi connectivity index (χ4n) is 4.06. The highest BCUT2D eigenvalue weighted by atomic mass is 16.7. The lowest BCUT2D eigenvalue weighted by Crippen LogP contribution is -2.61. The van der Waals surface area contributed by atoms with Crippen LogP contribution < -0.4 is 10.2 Å². The van der Waals surface area contributed by atoms with Gasteiger partial charge in [0.1, 0.15) is 28.2 Å². The Bertz CT molecular complexity index is 1390. The molecule has 0 radical (unpaired) electrons. The number of aliphatic hydroxyl groups excluding tert-OH is 1. The molecular formula is C25H24O12. The SMILES string of the molecule is CC(=O)O[C@H]1[C@@H](O)[C@H](Oc2c(-c3ccc(O)cc3)oc3cc(O)cc(O)c3c2=O)O[C@@H](C)[C@H]1OC(C)=O. The predicted molar refractivity (Wildman–Crippen MR) is 125 cm³/mol. The number of phenolic OH excluding ortho intramolecular Hbond substituents is 3. The lowest BCUT2D eigenvalue weighted by Gasteiger charge is -2.41. The monoisotopic (exact) mass is 516 g/mol. The minimum atomic E-state index is -1.72. The Balaban J connectivity index is 1.83. The molecule has 4 N–H and O–H groups in total. The second-order valence-electron chi connectivity index (χ2n) is 8.44. The molecule has 0 spiro atoms. The molecule has 0 amide bonds. The number of fused-ring (bicyclic) bond motifs is 1. The van der Waals surface area contributed by atoms with Crippen molar-refractivity contribution in [3.8, 4) is 34.3 Å². The van der Waals surface area contributed by atoms with Crippen molar-refractivity contribution in [3.63, 3.8) is 0 Å². The number of carbonyl (C=O) groups is 2. The van der Waals surface area contributed by atoms with E-state index in [1.54, 1.807) is 0 Å². The Morgan fingerprint density at radius 1 is 0.919 bits per heavy atom. The van der Waals surface area contributed by atoms with E-state index in [1.807, 2.05) is 0 Å². The molecule has 0 bridgehead atoms. The summed E-state index contributed by atoms with van der Waals surface area (Å²) in [6.07, 6.45) is -6.85. The van der Waals surface area contributed by atoms with Gasteiger partial charge in [0, 0.05) is 31.5 Å². The molecule has 1 aliphatic rings. The Hall–Kier alpha value is -4.29. The molecule has 37 heavy (non-hydrogen) atoms. The van der Waals surface area contributed by atoms with Gasteiger partial charge in [0.15, 0.2) is 24.1 Å². The van der Waals surface area contributed by atoms with Crippen LogP contribution in [0, 0.1) is 0 Å². The number of hydrogen-bond acceptors (Lipinski definition) is 12. The summed E-state index contributed by atoms with van der Waals surface area (Å²) in [5, 5.41) is 40.5. The first kappa shape index (κ1) is 25.8. The van der Waals surface area contributed by atoms with Crippen molar-refractivity contribution in [2.24, 2.45) is 0 Å². The fraction of sp³-hybridized carbons (Fsp3) is 0.320. The molecule has 196 valence electrons. The maximum atomic E-state index is 13.5. The maximum Gasteiger partial charge on any atom is 0.303 e. The highest BCUT2D eigenvalue weighted by Gasteiger charge is 2.49. The van der Waals surface area contributed by atoms with Crippen molar-refractivity contribution in [2.75, 3.05) is 0 Å². The summed E-state index contributed by atoms with van der Waals surface area (Å²) in [6, 6.07) is 7.58. The number of benzene rings is 2. The zero-order valence-corrected chi connectivity index (χ0v) is 19.9. The second-order valence-corrected chi connectivity index (χ2v) is 8.44. The number of aliphatic hydroxyl groups is 1. The molecule has 1 aromatic heterocycles. The lowest BCUT2D eigenvalue weighted by molar-refractivity contribution is -0.276. The first-order chi connectivity index (χ1) is 17.5. The average Bonchev–Trinajstić information content (AvgIpc) is 2.80. The van der Waals surface area contributed by atoms with Gasteiger partial charge in [0.2, 0.25) is 17.5 Å². The third-order valence-electron chi connectivity index (χ3n) is 5.64. The van der Waals surface area contributed by atoms with Gasteiger partial charge >= 0.3 is 11.9 Å². The fourth-order valence-corrected chi connectivity index (χ4v) is 4.06. The minimum Gasteiger partial charge on any atom is -0.508 e. The molecule has 2 aromatic carbocycles. The number of phenols is 3. The van der Waals surface area contributed by atoms with Crippen LogP contribution in [0.25, 0.3) is 22.3 Å². The van der Waals surface area contributed by atoms with Crippen LogP contribution in [0.5, 0.6) is 23.0 Å². The molecule has 4 rings (SSSR count). The topological polar surface area (TPSA) is 182 Å². The molecule has 0 aliphatic carbocycles.